The summed E-state index contributed by atoms with van der Waals surface area (Å²) in [5.41, 5.74) is 3.94. The Kier molecular flexibility index (Phi) is 12.6. The Hall–Kier alpha value is -4.54. The van der Waals surface area contributed by atoms with Gasteiger partial charge in [0.25, 0.3) is 0 Å². The molecule has 0 aliphatic rings. The highest BCUT2D eigenvalue weighted by atomic mass is 35.5. The van der Waals surface area contributed by atoms with Crippen LogP contribution in [0.5, 0.6) is 23.0 Å². The number of rotatable bonds is 16. The van der Waals surface area contributed by atoms with Gasteiger partial charge in [-0.05, 0) is 121 Å². The zero-order chi connectivity index (χ0) is 37.3. The minimum Gasteiger partial charge on any atom is -0.457 e. The van der Waals surface area contributed by atoms with Gasteiger partial charge < -0.3 is 14.2 Å². The van der Waals surface area contributed by atoms with Crippen molar-refractivity contribution < 1.29 is 14.2 Å². The van der Waals surface area contributed by atoms with E-state index in [1.807, 2.05) is 97.1 Å². The molecule has 5 heteroatoms. The van der Waals surface area contributed by atoms with Crippen molar-refractivity contribution in [2.45, 2.75) is 76.4 Å². The van der Waals surface area contributed by atoms with Crippen LogP contribution >= 0.6 is 23.2 Å². The summed E-state index contributed by atoms with van der Waals surface area (Å²) in [5.74, 6) is 3.20. The van der Waals surface area contributed by atoms with E-state index in [9.17, 15) is 0 Å². The van der Waals surface area contributed by atoms with Crippen LogP contribution < -0.4 is 9.47 Å². The van der Waals surface area contributed by atoms with Crippen molar-refractivity contribution in [3.63, 3.8) is 0 Å². The summed E-state index contributed by atoms with van der Waals surface area (Å²) in [6.07, 6.45) is 2.63. The van der Waals surface area contributed by atoms with E-state index in [1.165, 1.54) is 11.1 Å². The van der Waals surface area contributed by atoms with E-state index in [1.54, 1.807) is 0 Å². The fourth-order valence-electron chi connectivity index (χ4n) is 7.09. The highest BCUT2D eigenvalue weighted by molar-refractivity contribution is 6.30. The summed E-state index contributed by atoms with van der Waals surface area (Å²) in [6.45, 7) is 9.14. The monoisotopic (exact) mass is 742 g/mol. The summed E-state index contributed by atoms with van der Waals surface area (Å²) in [6, 6.07) is 53.1. The molecule has 272 valence electrons. The molecule has 0 bridgehead atoms. The van der Waals surface area contributed by atoms with E-state index >= 15 is 0 Å². The molecule has 53 heavy (non-hydrogen) atoms. The second kappa shape index (κ2) is 17.5. The van der Waals surface area contributed by atoms with Crippen LogP contribution in [0.4, 0.5) is 0 Å². The number of ether oxygens (including phenoxy) is 3. The van der Waals surface area contributed by atoms with Crippen molar-refractivity contribution >= 4 is 23.2 Å². The summed E-state index contributed by atoms with van der Waals surface area (Å²) < 4.78 is 20.3. The number of para-hydroxylation sites is 2. The van der Waals surface area contributed by atoms with Crippen LogP contribution in [0.3, 0.4) is 0 Å². The molecule has 0 aromatic heterocycles. The van der Waals surface area contributed by atoms with Crippen LogP contribution in [0.1, 0.15) is 62.8 Å². The predicted molar refractivity (Wildman–Crippen MR) is 220 cm³/mol. The van der Waals surface area contributed by atoms with Crippen LogP contribution in [0.15, 0.2) is 158 Å². The molecule has 3 nitrogen and oxygen atoms in total. The molecule has 4 atom stereocenters. The summed E-state index contributed by atoms with van der Waals surface area (Å²) in [4.78, 5) is 0. The minimum absolute atomic E-state index is 0.215. The first-order valence-corrected chi connectivity index (χ1v) is 19.3. The van der Waals surface area contributed by atoms with Gasteiger partial charge in [-0.15, -0.1) is 0 Å². The molecular weight excluding hydrogens is 695 g/mol. The zero-order valence-corrected chi connectivity index (χ0v) is 32.5. The average Bonchev–Trinajstić information content (AvgIpc) is 3.18. The van der Waals surface area contributed by atoms with Crippen molar-refractivity contribution in [3.8, 4) is 23.0 Å². The second-order valence-electron chi connectivity index (χ2n) is 14.2. The van der Waals surface area contributed by atoms with Crippen molar-refractivity contribution in [3.05, 3.63) is 190 Å². The van der Waals surface area contributed by atoms with Gasteiger partial charge in [-0.2, -0.15) is 0 Å². The van der Waals surface area contributed by atoms with Gasteiger partial charge in [-0.3, -0.25) is 0 Å². The first-order valence-electron chi connectivity index (χ1n) is 18.5. The minimum atomic E-state index is -0.355. The first kappa shape index (κ1) is 38.2. The highest BCUT2D eigenvalue weighted by Crippen LogP contribution is 2.42. The third-order valence-corrected chi connectivity index (χ3v) is 11.3. The highest BCUT2D eigenvalue weighted by Gasteiger charge is 2.42. The quantitative estimate of drug-likeness (QED) is 0.0988. The molecule has 0 aliphatic carbocycles. The third kappa shape index (κ3) is 9.53. The maximum Gasteiger partial charge on any atom is 0.127 e. The SMILES string of the molecule is CCC(C)(c1ccc(Cl)cc1)C(Cc1cccc(Oc2ccccc2)c1)OC(Cc1cccc(Oc2ccccc2)c1)C(C)(CC)c1ccc(Cl)cc1. The van der Waals surface area contributed by atoms with Gasteiger partial charge in [0.15, 0.2) is 0 Å². The van der Waals surface area contributed by atoms with Crippen LogP contribution in [-0.2, 0) is 28.4 Å². The van der Waals surface area contributed by atoms with Crippen LogP contribution in [0.2, 0.25) is 10.0 Å². The van der Waals surface area contributed by atoms with E-state index in [-0.39, 0.29) is 23.0 Å². The summed E-state index contributed by atoms with van der Waals surface area (Å²) in [5, 5.41) is 1.43. The largest absolute Gasteiger partial charge is 0.457 e. The van der Waals surface area contributed by atoms with E-state index in [2.05, 4.69) is 88.4 Å². The third-order valence-electron chi connectivity index (χ3n) is 10.8. The Labute approximate surface area is 325 Å². The Balaban J connectivity index is 1.41. The van der Waals surface area contributed by atoms with Gasteiger partial charge in [0.05, 0.1) is 12.2 Å². The first-order chi connectivity index (χ1) is 25.7. The lowest BCUT2D eigenvalue weighted by Crippen LogP contribution is -2.48. The van der Waals surface area contributed by atoms with E-state index in [0.29, 0.717) is 22.9 Å². The van der Waals surface area contributed by atoms with Crippen molar-refractivity contribution in [1.29, 1.82) is 0 Å². The number of halogens is 2. The maximum atomic E-state index is 7.71. The molecule has 0 amide bonds. The summed E-state index contributed by atoms with van der Waals surface area (Å²) in [7, 11) is 0. The van der Waals surface area contributed by atoms with Gasteiger partial charge in [0, 0.05) is 20.9 Å². The zero-order valence-electron chi connectivity index (χ0n) is 31.0. The molecular formula is C48H48Cl2O3. The van der Waals surface area contributed by atoms with E-state index in [4.69, 9.17) is 37.4 Å². The van der Waals surface area contributed by atoms with Crippen LogP contribution in [-0.4, -0.2) is 12.2 Å². The number of hydrogen-bond acceptors (Lipinski definition) is 3. The molecule has 0 saturated carbocycles. The fraction of sp³-hybridized carbons (Fsp3) is 0.250. The van der Waals surface area contributed by atoms with Crippen molar-refractivity contribution in [1.82, 2.24) is 0 Å². The maximum absolute atomic E-state index is 7.71. The molecule has 0 spiro atoms. The molecule has 0 heterocycles. The topological polar surface area (TPSA) is 27.7 Å². The normalized spacial score (nSPS) is 14.8. The van der Waals surface area contributed by atoms with E-state index in [0.717, 1.165) is 47.0 Å². The Bertz CT molecular complexity index is 1880. The van der Waals surface area contributed by atoms with Gasteiger partial charge >= 0.3 is 0 Å². The molecule has 0 N–H and O–H groups in total. The molecule has 0 aliphatic heterocycles. The van der Waals surface area contributed by atoms with Crippen LogP contribution in [0.25, 0.3) is 0 Å². The van der Waals surface area contributed by atoms with Gasteiger partial charge in [-0.25, -0.2) is 0 Å². The lowest BCUT2D eigenvalue weighted by molar-refractivity contribution is -0.0840. The molecule has 0 radical (unpaired) electrons. The smallest absolute Gasteiger partial charge is 0.127 e. The predicted octanol–water partition coefficient (Wildman–Crippen LogP) is 13.9. The Morgan fingerprint density at radius 1 is 0.453 bits per heavy atom. The molecule has 0 fully saturated rings. The fourth-order valence-corrected chi connectivity index (χ4v) is 7.34. The standard InChI is InChI=1S/C48H48Cl2O3/c1-5-47(3,37-23-27-39(49)28-24-37)45(33-35-15-13-21-43(31-35)51-41-17-9-7-10-18-41)53-46(48(4,6-2)38-25-29-40(50)30-26-38)34-36-16-14-22-44(32-36)52-42-19-11-8-12-20-42/h7-32,45-46H,5-6,33-34H2,1-4H3. The molecule has 6 rings (SSSR count). The lowest BCUT2D eigenvalue weighted by atomic mass is 9.71. The van der Waals surface area contributed by atoms with Gasteiger partial charge in [0.2, 0.25) is 0 Å². The lowest BCUT2D eigenvalue weighted by Gasteiger charge is -2.45. The molecule has 6 aromatic carbocycles. The Morgan fingerprint density at radius 2 is 0.811 bits per heavy atom. The van der Waals surface area contributed by atoms with Crippen molar-refractivity contribution in [2.24, 2.45) is 0 Å². The van der Waals surface area contributed by atoms with Crippen molar-refractivity contribution in [2.75, 3.05) is 0 Å². The van der Waals surface area contributed by atoms with Crippen LogP contribution in [0, 0.1) is 0 Å². The number of benzene rings is 6. The van der Waals surface area contributed by atoms with Gasteiger partial charge in [0.1, 0.15) is 23.0 Å². The van der Waals surface area contributed by atoms with E-state index < -0.39 is 0 Å². The second-order valence-corrected chi connectivity index (χ2v) is 15.1. The van der Waals surface area contributed by atoms with Gasteiger partial charge in [-0.1, -0.05) is 136 Å². The average molecular weight is 744 g/mol. The Morgan fingerprint density at radius 3 is 1.17 bits per heavy atom. The summed E-state index contributed by atoms with van der Waals surface area (Å²) >= 11 is 12.9. The molecule has 4 unspecified atom stereocenters. The molecule has 6 aromatic rings. The number of hydrogen-bond donors (Lipinski definition) is 0. The molecule has 0 saturated heterocycles.